The molecule has 3 nitrogen and oxygen atoms in total. The van der Waals surface area contributed by atoms with Gasteiger partial charge in [0.15, 0.2) is 0 Å². The molecule has 0 aliphatic rings. The molecule has 0 aliphatic heterocycles. The lowest BCUT2D eigenvalue weighted by Gasteiger charge is -2.12. The second-order valence-corrected chi connectivity index (χ2v) is 3.71. The van der Waals surface area contributed by atoms with Crippen LogP contribution >= 0.6 is 11.8 Å². The van der Waals surface area contributed by atoms with Crippen molar-refractivity contribution in [3.8, 4) is 0 Å². The van der Waals surface area contributed by atoms with Gasteiger partial charge in [0.2, 0.25) is 5.91 Å². The zero-order valence-corrected chi connectivity index (χ0v) is 8.54. The minimum absolute atomic E-state index is 0.380. The maximum Gasteiger partial charge on any atom is 0.405 e. The third-order valence-electron chi connectivity index (χ3n) is 1.43. The second kappa shape index (κ2) is 6.13. The Morgan fingerprint density at radius 1 is 1.57 bits per heavy atom. The average Bonchev–Trinajstić information content (AvgIpc) is 2.09. The number of hydrogen-bond donors (Lipinski definition) is 2. The summed E-state index contributed by atoms with van der Waals surface area (Å²) in [6.07, 6.45) is -2.17. The van der Waals surface area contributed by atoms with Gasteiger partial charge in [-0.2, -0.15) is 24.9 Å². The topological polar surface area (TPSA) is 55.1 Å². The van der Waals surface area contributed by atoms with E-state index in [2.05, 4.69) is 0 Å². The predicted octanol–water partition coefficient (Wildman–Crippen LogP) is 0.745. The zero-order chi connectivity index (χ0) is 11.2. The van der Waals surface area contributed by atoms with Crippen LogP contribution in [0.3, 0.4) is 0 Å². The van der Waals surface area contributed by atoms with E-state index in [-0.39, 0.29) is 0 Å². The molecule has 0 unspecified atom stereocenters. The number of amides is 1. The first-order chi connectivity index (χ1) is 6.37. The molecular formula is C7H13F3N2OS. The van der Waals surface area contributed by atoms with Gasteiger partial charge in [-0.25, -0.2) is 0 Å². The van der Waals surface area contributed by atoms with Crippen LogP contribution in [-0.2, 0) is 4.79 Å². The SMILES string of the molecule is CSCC[C@@H](N)C(=O)NCC(F)(F)F. The number of rotatable bonds is 5. The lowest BCUT2D eigenvalue weighted by atomic mass is 10.2. The number of nitrogens with two attached hydrogens (primary N) is 1. The van der Waals surface area contributed by atoms with Crippen LogP contribution in [0.2, 0.25) is 0 Å². The van der Waals surface area contributed by atoms with Gasteiger partial charge < -0.3 is 11.1 Å². The molecule has 1 atom stereocenters. The molecule has 14 heavy (non-hydrogen) atoms. The van der Waals surface area contributed by atoms with Crippen molar-refractivity contribution in [3.63, 3.8) is 0 Å². The van der Waals surface area contributed by atoms with Gasteiger partial charge in [0.1, 0.15) is 6.54 Å². The largest absolute Gasteiger partial charge is 0.405 e. The Kier molecular flexibility index (Phi) is 5.94. The Labute approximate surface area is 84.6 Å². The van der Waals surface area contributed by atoms with Crippen molar-refractivity contribution in [3.05, 3.63) is 0 Å². The highest BCUT2D eigenvalue weighted by Crippen LogP contribution is 2.12. The van der Waals surface area contributed by atoms with Crippen molar-refractivity contribution in [2.45, 2.75) is 18.6 Å². The molecule has 0 saturated carbocycles. The van der Waals surface area contributed by atoms with Crippen LogP contribution < -0.4 is 11.1 Å². The van der Waals surface area contributed by atoms with Gasteiger partial charge in [-0.3, -0.25) is 4.79 Å². The normalized spacial score (nSPS) is 13.8. The van der Waals surface area contributed by atoms with Crippen LogP contribution in [0.4, 0.5) is 13.2 Å². The minimum Gasteiger partial charge on any atom is -0.346 e. The first kappa shape index (κ1) is 13.6. The van der Waals surface area contributed by atoms with Crippen molar-refractivity contribution in [1.29, 1.82) is 0 Å². The highest BCUT2D eigenvalue weighted by Gasteiger charge is 2.28. The number of nitrogens with one attached hydrogen (secondary N) is 1. The van der Waals surface area contributed by atoms with E-state index in [4.69, 9.17) is 5.73 Å². The van der Waals surface area contributed by atoms with Gasteiger partial charge in [0.25, 0.3) is 0 Å². The van der Waals surface area contributed by atoms with Crippen LogP contribution in [0.25, 0.3) is 0 Å². The fraction of sp³-hybridized carbons (Fsp3) is 0.857. The van der Waals surface area contributed by atoms with Crippen molar-refractivity contribution < 1.29 is 18.0 Å². The van der Waals surface area contributed by atoms with Crippen LogP contribution in [0.15, 0.2) is 0 Å². The van der Waals surface area contributed by atoms with E-state index < -0.39 is 24.7 Å². The van der Waals surface area contributed by atoms with E-state index in [1.807, 2.05) is 6.26 Å². The molecule has 0 bridgehead atoms. The van der Waals surface area contributed by atoms with E-state index in [9.17, 15) is 18.0 Å². The maximum absolute atomic E-state index is 11.7. The summed E-state index contributed by atoms with van der Waals surface area (Å²) >= 11 is 1.49. The summed E-state index contributed by atoms with van der Waals surface area (Å²) in [4.78, 5) is 11.0. The zero-order valence-electron chi connectivity index (χ0n) is 7.73. The van der Waals surface area contributed by atoms with Gasteiger partial charge in [-0.05, 0) is 18.4 Å². The van der Waals surface area contributed by atoms with Gasteiger partial charge in [0.05, 0.1) is 6.04 Å². The molecule has 0 radical (unpaired) electrons. The van der Waals surface area contributed by atoms with Crippen molar-refractivity contribution in [2.24, 2.45) is 5.73 Å². The van der Waals surface area contributed by atoms with Crippen LogP contribution in [0.5, 0.6) is 0 Å². The summed E-state index contributed by atoms with van der Waals surface area (Å²) in [5, 5.41) is 1.73. The lowest BCUT2D eigenvalue weighted by Crippen LogP contribution is -2.44. The summed E-state index contributed by atoms with van der Waals surface area (Å²) < 4.78 is 35.0. The van der Waals surface area contributed by atoms with Gasteiger partial charge >= 0.3 is 6.18 Å². The average molecular weight is 230 g/mol. The number of thioether (sulfide) groups is 1. The summed E-state index contributed by atoms with van der Waals surface area (Å²) in [6.45, 7) is -1.32. The van der Waals surface area contributed by atoms with Gasteiger partial charge in [-0.1, -0.05) is 0 Å². The Morgan fingerprint density at radius 2 is 2.14 bits per heavy atom. The maximum atomic E-state index is 11.7. The van der Waals surface area contributed by atoms with Crippen LogP contribution in [0.1, 0.15) is 6.42 Å². The summed E-state index contributed by atoms with van der Waals surface area (Å²) in [5.74, 6) is -0.1000. The van der Waals surface area contributed by atoms with E-state index in [0.29, 0.717) is 12.2 Å². The van der Waals surface area contributed by atoms with Crippen LogP contribution in [-0.4, -0.2) is 36.7 Å². The van der Waals surface area contributed by atoms with Crippen molar-refractivity contribution in [1.82, 2.24) is 5.32 Å². The van der Waals surface area contributed by atoms with E-state index in [0.717, 1.165) is 0 Å². The molecule has 0 aromatic carbocycles. The van der Waals surface area contributed by atoms with Gasteiger partial charge in [-0.15, -0.1) is 0 Å². The van der Waals surface area contributed by atoms with Gasteiger partial charge in [0, 0.05) is 0 Å². The molecule has 0 aromatic rings. The lowest BCUT2D eigenvalue weighted by molar-refractivity contribution is -0.139. The minimum atomic E-state index is -4.38. The Balaban J connectivity index is 3.73. The van der Waals surface area contributed by atoms with Crippen LogP contribution in [0, 0.1) is 0 Å². The molecule has 1 amide bonds. The van der Waals surface area contributed by atoms with E-state index in [1.165, 1.54) is 11.8 Å². The molecule has 0 aromatic heterocycles. The smallest absolute Gasteiger partial charge is 0.346 e. The quantitative estimate of drug-likeness (QED) is 0.732. The molecule has 0 saturated heterocycles. The van der Waals surface area contributed by atoms with Crippen molar-refractivity contribution >= 4 is 17.7 Å². The highest BCUT2D eigenvalue weighted by atomic mass is 32.2. The Morgan fingerprint density at radius 3 is 2.57 bits per heavy atom. The summed E-state index contributed by atoms with van der Waals surface area (Å²) in [6, 6.07) is -0.857. The molecule has 0 aliphatic carbocycles. The second-order valence-electron chi connectivity index (χ2n) is 2.72. The molecule has 84 valence electrons. The number of hydrogen-bond acceptors (Lipinski definition) is 3. The molecule has 3 N–H and O–H groups in total. The Hall–Kier alpha value is -0.430. The predicted molar refractivity (Wildman–Crippen MR) is 50.0 cm³/mol. The molecule has 0 heterocycles. The molecular weight excluding hydrogens is 217 g/mol. The summed E-state index contributed by atoms with van der Waals surface area (Å²) in [7, 11) is 0. The summed E-state index contributed by atoms with van der Waals surface area (Å²) in [5.41, 5.74) is 5.34. The molecule has 0 spiro atoms. The third-order valence-corrected chi connectivity index (χ3v) is 2.08. The molecule has 7 heteroatoms. The number of carbonyl (C=O) groups is 1. The Bertz CT molecular complexity index is 186. The number of alkyl halides is 3. The highest BCUT2D eigenvalue weighted by molar-refractivity contribution is 7.98. The number of halogens is 3. The first-order valence-electron chi connectivity index (χ1n) is 3.96. The molecule has 0 fully saturated rings. The fourth-order valence-electron chi connectivity index (χ4n) is 0.694. The first-order valence-corrected chi connectivity index (χ1v) is 5.35. The van der Waals surface area contributed by atoms with E-state index in [1.54, 1.807) is 5.32 Å². The standard InChI is InChI=1S/C7H13F3N2OS/c1-14-3-2-5(11)6(13)12-4-7(8,9)10/h5H,2-4,11H2,1H3,(H,12,13)/t5-/m1/s1. The van der Waals surface area contributed by atoms with Crippen molar-refractivity contribution in [2.75, 3.05) is 18.6 Å². The monoisotopic (exact) mass is 230 g/mol. The molecule has 0 rings (SSSR count). The third kappa shape index (κ3) is 7.02. The van der Waals surface area contributed by atoms with E-state index >= 15 is 0 Å². The number of carbonyl (C=O) groups excluding carboxylic acids is 1. The fourth-order valence-corrected chi connectivity index (χ4v) is 1.18.